The van der Waals surface area contributed by atoms with E-state index in [2.05, 4.69) is 15.4 Å². The second-order valence-corrected chi connectivity index (χ2v) is 9.95. The molecule has 0 unspecified atom stereocenters. The maximum Gasteiger partial charge on any atom is 0.342 e. The van der Waals surface area contributed by atoms with Gasteiger partial charge in [0.15, 0.2) is 0 Å². The lowest BCUT2D eigenvalue weighted by Crippen LogP contribution is -2.55. The van der Waals surface area contributed by atoms with Crippen LogP contribution in [0.15, 0.2) is 121 Å². The molecule has 0 saturated carbocycles. The largest absolute Gasteiger partial charge is 0.481 e. The first-order valence-electron chi connectivity index (χ1n) is 14.9. The first-order chi connectivity index (χ1) is 24.3. The number of anilines is 4. The third-order valence-electron chi connectivity index (χ3n) is 5.87. The fourth-order valence-electron chi connectivity index (χ4n) is 3.93. The molecule has 1 aliphatic rings. The van der Waals surface area contributed by atoms with Crippen LogP contribution >= 0.6 is 0 Å². The SMILES string of the molecule is CC(=O)OC(C)=O.O=C(Nc1ccccc1)Nc1ccccc1.O=C(O)CC(=O)O.O=C1CC(=O)N(c2ccccc2)C(=O)N1c1ccccc1. The van der Waals surface area contributed by atoms with Crippen LogP contribution in [0, 0.1) is 0 Å². The molecule has 15 nitrogen and oxygen atoms in total. The molecule has 1 aliphatic heterocycles. The van der Waals surface area contributed by atoms with Crippen LogP contribution in [0.2, 0.25) is 0 Å². The van der Waals surface area contributed by atoms with Crippen LogP contribution in [0.1, 0.15) is 26.7 Å². The van der Waals surface area contributed by atoms with E-state index in [0.29, 0.717) is 11.4 Å². The van der Waals surface area contributed by atoms with E-state index in [4.69, 9.17) is 10.2 Å². The minimum absolute atomic E-state index is 0.239. The van der Waals surface area contributed by atoms with Gasteiger partial charge in [0.05, 0.1) is 11.4 Å². The van der Waals surface area contributed by atoms with Gasteiger partial charge in [-0.05, 0) is 48.5 Å². The van der Waals surface area contributed by atoms with Gasteiger partial charge in [-0.25, -0.2) is 19.4 Å². The van der Waals surface area contributed by atoms with E-state index in [0.717, 1.165) is 21.2 Å². The standard InChI is InChI=1S/C16H12N2O3.C13H12N2O.C4H6O3.C3H4O4/c19-14-11-15(20)18(13-9-5-2-6-10-13)16(21)17(14)12-7-3-1-4-8-12;16-13(14-11-7-3-1-4-8-11)15-12-9-5-2-6-10-12;1-3(5)7-4(2)6;4-2(5)1-3(6)7/h1-10H,11H2;1-10H,(H2,14,15,16);1-2H3;1H2,(H,4,5)(H,6,7). The van der Waals surface area contributed by atoms with Gasteiger partial charge in [-0.2, -0.15) is 0 Å². The van der Waals surface area contributed by atoms with E-state index in [1.54, 1.807) is 60.7 Å². The number of amides is 6. The highest BCUT2D eigenvalue weighted by molar-refractivity contribution is 6.35. The molecule has 51 heavy (non-hydrogen) atoms. The van der Waals surface area contributed by atoms with Crippen molar-refractivity contribution in [2.75, 3.05) is 20.4 Å². The van der Waals surface area contributed by atoms with E-state index >= 15 is 0 Å². The van der Waals surface area contributed by atoms with Gasteiger partial charge in [-0.1, -0.05) is 72.8 Å². The number of esters is 2. The molecule has 0 aliphatic carbocycles. The van der Waals surface area contributed by atoms with Crippen LogP contribution in [0.5, 0.6) is 0 Å². The number of barbiturate groups is 1. The number of hydrogen-bond acceptors (Lipinski definition) is 9. The number of nitrogens with zero attached hydrogens (tertiary/aromatic N) is 2. The number of carbonyl (C=O) groups is 8. The van der Waals surface area contributed by atoms with Gasteiger partial charge < -0.3 is 25.6 Å². The molecule has 6 amide bonds. The number of rotatable bonds is 6. The maximum atomic E-state index is 12.6. The topological polar surface area (TPSA) is 217 Å². The van der Waals surface area contributed by atoms with Crippen molar-refractivity contribution in [1.82, 2.24) is 0 Å². The molecule has 4 aromatic rings. The molecule has 0 aromatic heterocycles. The molecule has 15 heteroatoms. The number of carboxylic acids is 2. The summed E-state index contributed by atoms with van der Waals surface area (Å²) in [4.78, 5) is 88.8. The van der Waals surface area contributed by atoms with E-state index in [-0.39, 0.29) is 12.5 Å². The summed E-state index contributed by atoms with van der Waals surface area (Å²) >= 11 is 0. The highest BCUT2D eigenvalue weighted by Gasteiger charge is 2.39. The van der Waals surface area contributed by atoms with Crippen LogP contribution in [0.3, 0.4) is 0 Å². The van der Waals surface area contributed by atoms with Gasteiger partial charge >= 0.3 is 35.9 Å². The summed E-state index contributed by atoms with van der Waals surface area (Å²) in [5.74, 6) is -4.77. The van der Waals surface area contributed by atoms with Crippen LogP contribution < -0.4 is 20.4 Å². The van der Waals surface area contributed by atoms with E-state index in [9.17, 15) is 38.4 Å². The van der Waals surface area contributed by atoms with Crippen molar-refractivity contribution in [3.63, 3.8) is 0 Å². The van der Waals surface area contributed by atoms with Crippen LogP contribution in [0.4, 0.5) is 32.3 Å². The number of benzene rings is 4. The number of carbonyl (C=O) groups excluding carboxylic acids is 6. The van der Waals surface area contributed by atoms with Gasteiger partial charge in [0.1, 0.15) is 12.8 Å². The van der Waals surface area contributed by atoms with Crippen molar-refractivity contribution in [1.29, 1.82) is 0 Å². The quantitative estimate of drug-likeness (QED) is 0.145. The van der Waals surface area contributed by atoms with Crippen molar-refractivity contribution in [3.8, 4) is 0 Å². The summed E-state index contributed by atoms with van der Waals surface area (Å²) in [6.07, 6.45) is -1.13. The highest BCUT2D eigenvalue weighted by Crippen LogP contribution is 2.25. The van der Waals surface area contributed by atoms with Crippen molar-refractivity contribution in [2.24, 2.45) is 0 Å². The molecule has 0 bridgehead atoms. The number of imide groups is 2. The Labute approximate surface area is 292 Å². The summed E-state index contributed by atoms with van der Waals surface area (Å²) < 4.78 is 3.97. The van der Waals surface area contributed by atoms with E-state index in [1.165, 1.54) is 13.8 Å². The molecular weight excluding hydrogens is 664 g/mol. The number of carboxylic acid groups (broad SMARTS) is 2. The molecule has 4 N–H and O–H groups in total. The molecule has 1 saturated heterocycles. The van der Waals surface area contributed by atoms with Crippen molar-refractivity contribution in [2.45, 2.75) is 26.7 Å². The Morgan fingerprint density at radius 2 is 0.882 bits per heavy atom. The Balaban J connectivity index is 0.000000264. The molecule has 0 atom stereocenters. The number of ether oxygens (including phenoxy) is 1. The van der Waals surface area contributed by atoms with Gasteiger partial charge in [0.25, 0.3) is 0 Å². The Hall–Kier alpha value is -7.16. The third-order valence-corrected chi connectivity index (χ3v) is 5.87. The molecule has 1 heterocycles. The molecule has 1 fully saturated rings. The number of aliphatic carboxylic acids is 2. The Morgan fingerprint density at radius 3 is 1.14 bits per heavy atom. The zero-order valence-electron chi connectivity index (χ0n) is 27.4. The molecule has 0 spiro atoms. The van der Waals surface area contributed by atoms with Gasteiger partial charge in [0.2, 0.25) is 11.8 Å². The summed E-state index contributed by atoms with van der Waals surface area (Å²) in [5, 5.41) is 20.9. The zero-order chi connectivity index (χ0) is 37.8. The Morgan fingerprint density at radius 1 is 0.569 bits per heavy atom. The fraction of sp³-hybridized carbons (Fsp3) is 0.111. The predicted molar refractivity (Wildman–Crippen MR) is 186 cm³/mol. The Kier molecular flexibility index (Phi) is 16.4. The summed E-state index contributed by atoms with van der Waals surface area (Å²) in [6, 6.07) is 34.9. The average Bonchev–Trinajstić information content (AvgIpc) is 3.06. The summed E-state index contributed by atoms with van der Waals surface area (Å²) in [7, 11) is 0. The third kappa shape index (κ3) is 15.1. The van der Waals surface area contributed by atoms with E-state index in [1.807, 2.05) is 60.7 Å². The van der Waals surface area contributed by atoms with Gasteiger partial charge in [0, 0.05) is 25.2 Å². The normalized spacial score (nSPS) is 11.5. The lowest BCUT2D eigenvalue weighted by molar-refractivity contribution is -0.156. The molecular formula is C36H34N4O11. The molecule has 4 aromatic carbocycles. The zero-order valence-corrected chi connectivity index (χ0v) is 27.4. The minimum Gasteiger partial charge on any atom is -0.481 e. The number of hydrogen-bond donors (Lipinski definition) is 4. The van der Waals surface area contributed by atoms with Crippen molar-refractivity contribution in [3.05, 3.63) is 121 Å². The van der Waals surface area contributed by atoms with Crippen LogP contribution in [-0.4, -0.2) is 58.0 Å². The summed E-state index contributed by atoms with van der Waals surface area (Å²) in [6.45, 7) is 2.36. The number of nitrogens with one attached hydrogen (secondary N) is 2. The van der Waals surface area contributed by atoms with Crippen LogP contribution in [-0.2, 0) is 33.5 Å². The monoisotopic (exact) mass is 698 g/mol. The smallest absolute Gasteiger partial charge is 0.342 e. The van der Waals surface area contributed by atoms with Crippen molar-refractivity contribution < 1.29 is 53.3 Å². The van der Waals surface area contributed by atoms with Gasteiger partial charge in [-0.3, -0.25) is 28.8 Å². The minimum atomic E-state index is -1.31. The Bertz CT molecular complexity index is 1650. The fourth-order valence-corrected chi connectivity index (χ4v) is 3.93. The maximum absolute atomic E-state index is 12.6. The first kappa shape index (κ1) is 40.0. The lowest BCUT2D eigenvalue weighted by atomic mass is 10.2. The molecule has 264 valence electrons. The molecule has 5 rings (SSSR count). The highest BCUT2D eigenvalue weighted by atomic mass is 16.6. The second-order valence-electron chi connectivity index (χ2n) is 9.95. The van der Waals surface area contributed by atoms with Gasteiger partial charge in [-0.15, -0.1) is 0 Å². The molecule has 0 radical (unpaired) electrons. The number of urea groups is 2. The second kappa shape index (κ2) is 20.9. The predicted octanol–water partition coefficient (Wildman–Crippen LogP) is 5.55. The number of para-hydroxylation sites is 4. The van der Waals surface area contributed by atoms with Crippen LogP contribution in [0.25, 0.3) is 0 Å². The first-order valence-corrected chi connectivity index (χ1v) is 14.9. The summed E-state index contributed by atoms with van der Waals surface area (Å²) in [5.41, 5.74) is 2.47. The van der Waals surface area contributed by atoms with E-state index < -0.39 is 48.1 Å². The average molecular weight is 699 g/mol. The lowest BCUT2D eigenvalue weighted by Gasteiger charge is -2.32. The van der Waals surface area contributed by atoms with Crippen molar-refractivity contribution >= 4 is 70.5 Å².